The molecule has 1 aromatic rings. The van der Waals surface area contributed by atoms with Crippen molar-refractivity contribution in [2.45, 2.75) is 18.9 Å². The lowest BCUT2D eigenvalue weighted by atomic mass is 10.0. The van der Waals surface area contributed by atoms with E-state index in [9.17, 15) is 4.79 Å². The number of carbonyl (C=O) groups excluding carboxylic acids is 1. The van der Waals surface area contributed by atoms with E-state index in [1.54, 1.807) is 6.92 Å². The van der Waals surface area contributed by atoms with Crippen molar-refractivity contribution in [2.75, 3.05) is 32.7 Å². The molecule has 0 spiro atoms. The fourth-order valence-corrected chi connectivity index (χ4v) is 1.57. The Labute approximate surface area is 114 Å². The average molecular weight is 266 g/mol. The van der Waals surface area contributed by atoms with E-state index in [4.69, 9.17) is 10.5 Å². The summed E-state index contributed by atoms with van der Waals surface area (Å²) in [7, 11) is 5.26. The number of methoxy groups -OCH3 is 1. The van der Waals surface area contributed by atoms with Crippen molar-refractivity contribution in [3.63, 3.8) is 0 Å². The molecule has 5 nitrogen and oxygen atoms in total. The van der Waals surface area contributed by atoms with Crippen LogP contribution in [0.15, 0.2) is 24.3 Å². The zero-order valence-electron chi connectivity index (χ0n) is 12.0. The molecule has 1 unspecified atom stereocenters. The number of anilines is 1. The molecule has 0 aliphatic carbocycles. The van der Waals surface area contributed by atoms with Crippen LogP contribution in [0.1, 0.15) is 13.3 Å². The van der Waals surface area contributed by atoms with Gasteiger partial charge < -0.3 is 20.1 Å². The van der Waals surface area contributed by atoms with Crippen molar-refractivity contribution < 1.29 is 14.3 Å². The summed E-state index contributed by atoms with van der Waals surface area (Å²) in [6, 6.07) is 7.73. The van der Waals surface area contributed by atoms with Crippen LogP contribution in [0.3, 0.4) is 0 Å². The Hall–Kier alpha value is -1.75. The quantitative estimate of drug-likeness (QED) is 0.789. The van der Waals surface area contributed by atoms with Gasteiger partial charge in [0.2, 0.25) is 0 Å². The number of nitrogens with zero attached hydrogens (tertiary/aromatic N) is 1. The third kappa shape index (κ3) is 4.44. The third-order valence-electron chi connectivity index (χ3n) is 2.88. The Morgan fingerprint density at radius 3 is 2.68 bits per heavy atom. The molecule has 0 aromatic heterocycles. The van der Waals surface area contributed by atoms with Gasteiger partial charge in [0.15, 0.2) is 0 Å². The maximum atomic E-state index is 11.4. The molecule has 0 amide bonds. The monoisotopic (exact) mass is 266 g/mol. The van der Waals surface area contributed by atoms with Crippen molar-refractivity contribution >= 4 is 11.7 Å². The molecular weight excluding hydrogens is 244 g/mol. The van der Waals surface area contributed by atoms with Crippen molar-refractivity contribution in [2.24, 2.45) is 5.73 Å². The van der Waals surface area contributed by atoms with Gasteiger partial charge >= 0.3 is 5.97 Å². The van der Waals surface area contributed by atoms with Gasteiger partial charge in [-0.1, -0.05) is 6.07 Å². The Morgan fingerprint density at radius 1 is 1.42 bits per heavy atom. The summed E-state index contributed by atoms with van der Waals surface area (Å²) in [6.07, 6.45) is 0.395. The fraction of sp³-hybridized carbons (Fsp3) is 0.500. The van der Waals surface area contributed by atoms with Crippen LogP contribution in [-0.2, 0) is 9.53 Å². The van der Waals surface area contributed by atoms with Gasteiger partial charge in [0.05, 0.1) is 13.7 Å². The minimum atomic E-state index is -1.02. The van der Waals surface area contributed by atoms with Crippen molar-refractivity contribution in [3.05, 3.63) is 24.3 Å². The van der Waals surface area contributed by atoms with E-state index in [1.165, 1.54) is 7.11 Å². The number of rotatable bonds is 6. The van der Waals surface area contributed by atoms with Crippen LogP contribution >= 0.6 is 0 Å². The van der Waals surface area contributed by atoms with Crippen LogP contribution in [0.5, 0.6) is 5.75 Å². The van der Waals surface area contributed by atoms with Crippen LogP contribution in [0.2, 0.25) is 0 Å². The van der Waals surface area contributed by atoms with Gasteiger partial charge in [-0.05, 0) is 19.1 Å². The topological polar surface area (TPSA) is 64.8 Å². The number of ether oxygens (including phenoxy) is 2. The van der Waals surface area contributed by atoms with Gasteiger partial charge in [0.25, 0.3) is 0 Å². The Bertz CT molecular complexity index is 430. The molecule has 1 aromatic carbocycles. The highest BCUT2D eigenvalue weighted by Crippen LogP contribution is 2.20. The van der Waals surface area contributed by atoms with E-state index in [-0.39, 0.29) is 0 Å². The Kier molecular flexibility index (Phi) is 5.18. The highest BCUT2D eigenvalue weighted by Gasteiger charge is 2.29. The van der Waals surface area contributed by atoms with Gasteiger partial charge in [-0.2, -0.15) is 0 Å². The first-order chi connectivity index (χ1) is 8.86. The first-order valence-electron chi connectivity index (χ1n) is 6.14. The number of carbonyl (C=O) groups is 1. The molecule has 0 heterocycles. The van der Waals surface area contributed by atoms with E-state index in [0.29, 0.717) is 13.0 Å². The van der Waals surface area contributed by atoms with Gasteiger partial charge in [0.1, 0.15) is 11.3 Å². The smallest absolute Gasteiger partial charge is 0.325 e. The summed E-state index contributed by atoms with van der Waals surface area (Å²) in [4.78, 5) is 13.4. The second kappa shape index (κ2) is 6.43. The van der Waals surface area contributed by atoms with Crippen LogP contribution in [0.4, 0.5) is 5.69 Å². The highest BCUT2D eigenvalue weighted by atomic mass is 16.5. The van der Waals surface area contributed by atoms with Gasteiger partial charge in [-0.3, -0.25) is 4.79 Å². The summed E-state index contributed by atoms with van der Waals surface area (Å²) < 4.78 is 10.3. The van der Waals surface area contributed by atoms with E-state index in [2.05, 4.69) is 4.74 Å². The largest absolute Gasteiger partial charge is 0.493 e. The van der Waals surface area contributed by atoms with E-state index >= 15 is 0 Å². The molecule has 2 N–H and O–H groups in total. The number of hydrogen-bond donors (Lipinski definition) is 1. The van der Waals surface area contributed by atoms with E-state index in [1.807, 2.05) is 43.3 Å². The zero-order valence-corrected chi connectivity index (χ0v) is 12.0. The van der Waals surface area contributed by atoms with Crippen molar-refractivity contribution in [3.8, 4) is 5.75 Å². The molecule has 19 heavy (non-hydrogen) atoms. The lowest BCUT2D eigenvalue weighted by molar-refractivity contribution is -0.146. The first kappa shape index (κ1) is 15.3. The average Bonchev–Trinajstić information content (AvgIpc) is 2.37. The van der Waals surface area contributed by atoms with Crippen LogP contribution in [0.25, 0.3) is 0 Å². The fourth-order valence-electron chi connectivity index (χ4n) is 1.57. The second-order valence-electron chi connectivity index (χ2n) is 4.90. The van der Waals surface area contributed by atoms with E-state index < -0.39 is 11.5 Å². The third-order valence-corrected chi connectivity index (χ3v) is 2.88. The van der Waals surface area contributed by atoms with Crippen LogP contribution < -0.4 is 15.4 Å². The molecule has 5 heteroatoms. The summed E-state index contributed by atoms with van der Waals surface area (Å²) in [6.45, 7) is 2.00. The maximum Gasteiger partial charge on any atom is 0.325 e. The first-order valence-corrected chi connectivity index (χ1v) is 6.14. The predicted molar refractivity (Wildman–Crippen MR) is 75.5 cm³/mol. The number of benzene rings is 1. The summed E-state index contributed by atoms with van der Waals surface area (Å²) in [5.41, 5.74) is 5.89. The molecule has 0 saturated heterocycles. The maximum absolute atomic E-state index is 11.4. The molecule has 1 rings (SSSR count). The van der Waals surface area contributed by atoms with Gasteiger partial charge in [-0.25, -0.2) is 0 Å². The van der Waals surface area contributed by atoms with Crippen molar-refractivity contribution in [1.29, 1.82) is 0 Å². The minimum Gasteiger partial charge on any atom is -0.493 e. The second-order valence-corrected chi connectivity index (χ2v) is 4.90. The minimum absolute atomic E-state index is 0.360. The molecule has 1 atom stereocenters. The highest BCUT2D eigenvalue weighted by molar-refractivity contribution is 5.79. The number of hydrogen-bond acceptors (Lipinski definition) is 5. The molecule has 0 saturated carbocycles. The number of esters is 1. The SMILES string of the molecule is COC(=O)C(C)(N)CCOc1cccc(N(C)C)c1. The lowest BCUT2D eigenvalue weighted by Gasteiger charge is -2.21. The number of nitrogens with two attached hydrogens (primary N) is 1. The molecule has 0 radical (unpaired) electrons. The van der Waals surface area contributed by atoms with Crippen LogP contribution in [-0.4, -0.2) is 39.3 Å². The molecule has 0 bridgehead atoms. The van der Waals surface area contributed by atoms with Crippen LogP contribution in [0, 0.1) is 0 Å². The molecular formula is C14H22N2O3. The summed E-state index contributed by atoms with van der Waals surface area (Å²) >= 11 is 0. The lowest BCUT2D eigenvalue weighted by Crippen LogP contribution is -2.46. The molecule has 106 valence electrons. The van der Waals surface area contributed by atoms with Crippen molar-refractivity contribution in [1.82, 2.24) is 0 Å². The molecule has 0 aliphatic rings. The summed E-state index contributed by atoms with van der Waals surface area (Å²) in [5.74, 6) is 0.324. The Balaban J connectivity index is 2.54. The standard InChI is InChI=1S/C14H22N2O3/c1-14(15,13(17)18-4)8-9-19-12-7-5-6-11(10-12)16(2)3/h5-7,10H,8-9,15H2,1-4H3. The molecule has 0 aliphatic heterocycles. The summed E-state index contributed by atoms with van der Waals surface area (Å²) in [5, 5.41) is 0. The predicted octanol–water partition coefficient (Wildman–Crippen LogP) is 1.41. The van der Waals surface area contributed by atoms with Gasteiger partial charge in [0, 0.05) is 32.3 Å². The van der Waals surface area contributed by atoms with Gasteiger partial charge in [-0.15, -0.1) is 0 Å². The normalized spacial score (nSPS) is 13.5. The zero-order chi connectivity index (χ0) is 14.5. The Morgan fingerprint density at radius 2 is 2.11 bits per heavy atom. The van der Waals surface area contributed by atoms with E-state index in [0.717, 1.165) is 11.4 Å². The molecule has 0 fully saturated rings.